The Hall–Kier alpha value is -1.42. The molecule has 0 bridgehead atoms. The highest BCUT2D eigenvalue weighted by atomic mass is 19.1. The van der Waals surface area contributed by atoms with Crippen molar-refractivity contribution in [2.75, 3.05) is 7.11 Å². The first-order valence-electron chi connectivity index (χ1n) is 4.57. The number of hydrogen-bond donors (Lipinski definition) is 1. The van der Waals surface area contributed by atoms with Gasteiger partial charge in [-0.3, -0.25) is 4.79 Å². The maximum Gasteiger partial charge on any atom is 0.325 e. The summed E-state index contributed by atoms with van der Waals surface area (Å²) in [7, 11) is 1.29. The fourth-order valence-corrected chi connectivity index (χ4v) is 1.33. The highest BCUT2D eigenvalue weighted by Crippen LogP contribution is 2.12. The minimum atomic E-state index is -1.08. The van der Waals surface area contributed by atoms with Crippen LogP contribution in [0.4, 0.5) is 4.39 Å². The Balaban J connectivity index is 2.77. The lowest BCUT2D eigenvalue weighted by Gasteiger charge is -2.21. The Morgan fingerprint density at radius 3 is 2.47 bits per heavy atom. The average molecular weight is 211 g/mol. The van der Waals surface area contributed by atoms with Crippen LogP contribution in [0.5, 0.6) is 0 Å². The first-order valence-corrected chi connectivity index (χ1v) is 4.57. The Labute approximate surface area is 88.0 Å². The molecule has 0 heterocycles. The van der Waals surface area contributed by atoms with Crippen LogP contribution in [0.1, 0.15) is 12.5 Å². The Morgan fingerprint density at radius 2 is 2.00 bits per heavy atom. The van der Waals surface area contributed by atoms with Gasteiger partial charge in [0, 0.05) is 6.42 Å². The lowest BCUT2D eigenvalue weighted by atomic mass is 9.94. The standard InChI is InChI=1S/C11H14FNO2/c1-11(13,10(14)15-2)7-8-3-5-9(12)6-4-8/h3-6H,7,13H2,1-2H3. The van der Waals surface area contributed by atoms with E-state index in [1.165, 1.54) is 19.2 Å². The predicted molar refractivity (Wildman–Crippen MR) is 54.7 cm³/mol. The molecule has 1 aromatic carbocycles. The van der Waals surface area contributed by atoms with Gasteiger partial charge in [-0.15, -0.1) is 0 Å². The van der Waals surface area contributed by atoms with Gasteiger partial charge >= 0.3 is 5.97 Å². The summed E-state index contributed by atoms with van der Waals surface area (Å²) in [6, 6.07) is 5.87. The number of halogens is 1. The van der Waals surface area contributed by atoms with Crippen LogP contribution in [0.25, 0.3) is 0 Å². The van der Waals surface area contributed by atoms with Crippen LogP contribution >= 0.6 is 0 Å². The lowest BCUT2D eigenvalue weighted by Crippen LogP contribution is -2.47. The van der Waals surface area contributed by atoms with Crippen molar-refractivity contribution in [3.8, 4) is 0 Å². The van der Waals surface area contributed by atoms with Crippen LogP contribution in [-0.4, -0.2) is 18.6 Å². The summed E-state index contributed by atoms with van der Waals surface area (Å²) in [5.74, 6) is -0.789. The lowest BCUT2D eigenvalue weighted by molar-refractivity contribution is -0.146. The molecule has 0 saturated heterocycles. The van der Waals surface area contributed by atoms with Crippen molar-refractivity contribution in [1.82, 2.24) is 0 Å². The van der Waals surface area contributed by atoms with Crippen LogP contribution in [0, 0.1) is 5.82 Å². The van der Waals surface area contributed by atoms with E-state index in [9.17, 15) is 9.18 Å². The fraction of sp³-hybridized carbons (Fsp3) is 0.364. The van der Waals surface area contributed by atoms with E-state index in [0.717, 1.165) is 5.56 Å². The van der Waals surface area contributed by atoms with Gasteiger partial charge < -0.3 is 10.5 Å². The molecule has 82 valence electrons. The third-order valence-electron chi connectivity index (χ3n) is 2.14. The number of methoxy groups -OCH3 is 1. The van der Waals surface area contributed by atoms with E-state index in [-0.39, 0.29) is 5.82 Å². The normalized spacial score (nSPS) is 14.4. The molecule has 0 aromatic heterocycles. The molecule has 0 fully saturated rings. The number of carbonyl (C=O) groups is 1. The van der Waals surface area contributed by atoms with Crippen LogP contribution in [0.2, 0.25) is 0 Å². The van der Waals surface area contributed by atoms with Crippen molar-refractivity contribution in [1.29, 1.82) is 0 Å². The summed E-state index contributed by atoms with van der Waals surface area (Å²) in [6.45, 7) is 1.59. The van der Waals surface area contributed by atoms with Gasteiger partial charge in [0.05, 0.1) is 7.11 Å². The molecule has 0 aliphatic heterocycles. The van der Waals surface area contributed by atoms with Gasteiger partial charge in [0.2, 0.25) is 0 Å². The zero-order chi connectivity index (χ0) is 11.5. The molecule has 1 atom stereocenters. The van der Waals surface area contributed by atoms with Crippen molar-refractivity contribution in [3.63, 3.8) is 0 Å². The van der Waals surface area contributed by atoms with Crippen LogP contribution in [0.3, 0.4) is 0 Å². The SMILES string of the molecule is COC(=O)C(C)(N)Cc1ccc(F)cc1. The molecular weight excluding hydrogens is 197 g/mol. The minimum Gasteiger partial charge on any atom is -0.468 e. The quantitative estimate of drug-likeness (QED) is 0.766. The van der Waals surface area contributed by atoms with Gasteiger partial charge in [0.15, 0.2) is 0 Å². The van der Waals surface area contributed by atoms with Gasteiger partial charge in [0.25, 0.3) is 0 Å². The Kier molecular flexibility index (Phi) is 3.42. The minimum absolute atomic E-state index is 0.310. The molecule has 0 spiro atoms. The molecule has 0 amide bonds. The van der Waals surface area contributed by atoms with E-state index in [4.69, 9.17) is 5.73 Å². The molecule has 1 rings (SSSR count). The summed E-state index contributed by atoms with van der Waals surface area (Å²) in [5.41, 5.74) is 5.49. The van der Waals surface area contributed by atoms with E-state index in [2.05, 4.69) is 4.74 Å². The van der Waals surface area contributed by atoms with Crippen LogP contribution in [0.15, 0.2) is 24.3 Å². The maximum absolute atomic E-state index is 12.6. The Morgan fingerprint density at radius 1 is 1.47 bits per heavy atom. The topological polar surface area (TPSA) is 52.3 Å². The van der Waals surface area contributed by atoms with Crippen molar-refractivity contribution < 1.29 is 13.9 Å². The first kappa shape index (κ1) is 11.7. The summed E-state index contributed by atoms with van der Waals surface area (Å²) >= 11 is 0. The van der Waals surface area contributed by atoms with Gasteiger partial charge in [0.1, 0.15) is 11.4 Å². The number of nitrogens with two attached hydrogens (primary N) is 1. The molecule has 15 heavy (non-hydrogen) atoms. The summed E-state index contributed by atoms with van der Waals surface area (Å²) < 4.78 is 17.2. The molecule has 1 unspecified atom stereocenters. The van der Waals surface area contributed by atoms with Crippen molar-refractivity contribution >= 4 is 5.97 Å². The summed E-state index contributed by atoms with van der Waals surface area (Å²) in [5, 5.41) is 0. The maximum atomic E-state index is 12.6. The van der Waals surface area contributed by atoms with E-state index < -0.39 is 11.5 Å². The third kappa shape index (κ3) is 3.02. The fourth-order valence-electron chi connectivity index (χ4n) is 1.33. The number of rotatable bonds is 3. The second-order valence-electron chi connectivity index (χ2n) is 3.71. The summed E-state index contributed by atoms with van der Waals surface area (Å²) in [4.78, 5) is 11.3. The third-order valence-corrected chi connectivity index (χ3v) is 2.14. The Bertz CT molecular complexity index is 346. The molecule has 0 aliphatic rings. The average Bonchev–Trinajstić information content (AvgIpc) is 2.20. The van der Waals surface area contributed by atoms with Crippen molar-refractivity contribution in [2.45, 2.75) is 18.9 Å². The predicted octanol–water partition coefficient (Wildman–Crippen LogP) is 1.26. The van der Waals surface area contributed by atoms with Crippen molar-refractivity contribution in [2.24, 2.45) is 5.73 Å². The van der Waals surface area contributed by atoms with E-state index in [1.54, 1.807) is 19.1 Å². The largest absolute Gasteiger partial charge is 0.468 e. The molecule has 4 heteroatoms. The van der Waals surface area contributed by atoms with Gasteiger partial charge in [-0.05, 0) is 24.6 Å². The van der Waals surface area contributed by atoms with E-state index in [1.807, 2.05) is 0 Å². The van der Waals surface area contributed by atoms with Gasteiger partial charge in [-0.25, -0.2) is 4.39 Å². The van der Waals surface area contributed by atoms with E-state index in [0.29, 0.717) is 6.42 Å². The number of benzene rings is 1. The zero-order valence-electron chi connectivity index (χ0n) is 8.79. The number of esters is 1. The second-order valence-corrected chi connectivity index (χ2v) is 3.71. The number of hydrogen-bond acceptors (Lipinski definition) is 3. The molecule has 3 nitrogen and oxygen atoms in total. The van der Waals surface area contributed by atoms with Gasteiger partial charge in [-0.2, -0.15) is 0 Å². The molecule has 0 radical (unpaired) electrons. The summed E-state index contributed by atoms with van der Waals surface area (Å²) in [6.07, 6.45) is 0.319. The van der Waals surface area contributed by atoms with Gasteiger partial charge in [-0.1, -0.05) is 12.1 Å². The van der Waals surface area contributed by atoms with Crippen molar-refractivity contribution in [3.05, 3.63) is 35.6 Å². The molecule has 2 N–H and O–H groups in total. The van der Waals surface area contributed by atoms with Crippen LogP contribution in [-0.2, 0) is 16.0 Å². The smallest absolute Gasteiger partial charge is 0.325 e. The number of carbonyl (C=O) groups excluding carboxylic acids is 1. The monoisotopic (exact) mass is 211 g/mol. The van der Waals surface area contributed by atoms with E-state index >= 15 is 0 Å². The highest BCUT2D eigenvalue weighted by molar-refractivity contribution is 5.80. The van der Waals surface area contributed by atoms with Crippen LogP contribution < -0.4 is 5.73 Å². The molecular formula is C11H14FNO2. The number of ether oxygens (including phenoxy) is 1. The zero-order valence-corrected chi connectivity index (χ0v) is 8.79. The highest BCUT2D eigenvalue weighted by Gasteiger charge is 2.29. The molecule has 1 aromatic rings. The molecule has 0 aliphatic carbocycles. The first-order chi connectivity index (χ1) is 6.95. The molecule has 0 saturated carbocycles. The second kappa shape index (κ2) is 4.40.